The molecule has 0 bridgehead atoms. The van der Waals surface area contributed by atoms with Crippen molar-refractivity contribution in [1.82, 2.24) is 9.78 Å². The summed E-state index contributed by atoms with van der Waals surface area (Å²) in [6.07, 6.45) is -5.79. The van der Waals surface area contributed by atoms with Crippen molar-refractivity contribution in [2.24, 2.45) is 0 Å². The average Bonchev–Trinajstić information content (AvgIpc) is 3.25. The lowest BCUT2D eigenvalue weighted by Crippen LogP contribution is -2.23. The van der Waals surface area contributed by atoms with E-state index in [0.717, 1.165) is 11.8 Å². The predicted octanol–water partition coefficient (Wildman–Crippen LogP) is 4.93. The number of carbonyl (C=O) groups excluding carboxylic acids is 1. The molecule has 0 aliphatic carbocycles. The molecule has 2 aromatic carbocycles. The monoisotopic (exact) mass is 422 g/mol. The van der Waals surface area contributed by atoms with Crippen LogP contribution in [-0.2, 0) is 15.7 Å². The minimum absolute atomic E-state index is 0.140. The van der Waals surface area contributed by atoms with Crippen molar-refractivity contribution in [3.8, 4) is 11.6 Å². The zero-order valence-corrected chi connectivity index (χ0v) is 15.7. The molecule has 1 aliphatic rings. The van der Waals surface area contributed by atoms with Crippen LogP contribution in [0.4, 0.5) is 13.2 Å². The van der Waals surface area contributed by atoms with Crippen LogP contribution in [-0.4, -0.2) is 22.9 Å². The summed E-state index contributed by atoms with van der Waals surface area (Å²) >= 11 is 5.91. The molecule has 29 heavy (non-hydrogen) atoms. The average molecular weight is 423 g/mol. The van der Waals surface area contributed by atoms with Gasteiger partial charge in [-0.2, -0.15) is 18.3 Å². The number of halogens is 4. The fraction of sp³-hybridized carbons (Fsp3) is 0.200. The Morgan fingerprint density at radius 1 is 1.14 bits per heavy atom. The minimum atomic E-state index is -4.78. The van der Waals surface area contributed by atoms with E-state index >= 15 is 0 Å². The fourth-order valence-electron chi connectivity index (χ4n) is 3.38. The molecule has 0 amide bonds. The molecule has 150 valence electrons. The van der Waals surface area contributed by atoms with Crippen LogP contribution in [0.2, 0.25) is 5.02 Å². The van der Waals surface area contributed by atoms with Gasteiger partial charge in [0.05, 0.1) is 18.4 Å². The molecule has 2 atom stereocenters. The number of para-hydroxylation sites is 1. The molecule has 4 rings (SSSR count). The van der Waals surface area contributed by atoms with Crippen molar-refractivity contribution in [1.29, 1.82) is 0 Å². The lowest BCUT2D eigenvalue weighted by Gasteiger charge is -2.19. The van der Waals surface area contributed by atoms with Gasteiger partial charge in [-0.1, -0.05) is 41.9 Å². The quantitative estimate of drug-likeness (QED) is 0.561. The van der Waals surface area contributed by atoms with Gasteiger partial charge < -0.3 is 9.47 Å². The van der Waals surface area contributed by atoms with Crippen molar-refractivity contribution in [3.05, 3.63) is 76.4 Å². The van der Waals surface area contributed by atoms with E-state index in [-0.39, 0.29) is 11.4 Å². The maximum absolute atomic E-state index is 13.8. The Balaban J connectivity index is 1.93. The lowest BCUT2D eigenvalue weighted by atomic mass is 9.91. The van der Waals surface area contributed by atoms with Gasteiger partial charge in [0.2, 0.25) is 5.88 Å². The highest BCUT2D eigenvalue weighted by atomic mass is 35.5. The Morgan fingerprint density at radius 2 is 1.79 bits per heavy atom. The molecule has 1 aromatic heterocycles. The largest absolute Gasteiger partial charge is 0.468 e. The van der Waals surface area contributed by atoms with Gasteiger partial charge in [-0.15, -0.1) is 0 Å². The number of esters is 1. The highest BCUT2D eigenvalue weighted by Crippen LogP contribution is 2.52. The van der Waals surface area contributed by atoms with E-state index in [1.54, 1.807) is 54.6 Å². The van der Waals surface area contributed by atoms with Gasteiger partial charge >= 0.3 is 12.1 Å². The summed E-state index contributed by atoms with van der Waals surface area (Å²) in [6.45, 7) is 0. The molecule has 0 radical (unpaired) electrons. The van der Waals surface area contributed by atoms with Gasteiger partial charge in [-0.25, -0.2) is 4.68 Å². The standard InChI is InChI=1S/C20H14ClF3N2O3/c1-28-19(27)14-15-17(20(22,23)24)25-26(13-5-3-2-4-6-13)18(15)29-16(14)11-7-9-12(21)10-8-11/h2-10,14,16H,1H3/t14-,16+/m0/s1. The van der Waals surface area contributed by atoms with Crippen LogP contribution in [0.3, 0.4) is 0 Å². The van der Waals surface area contributed by atoms with E-state index in [9.17, 15) is 18.0 Å². The first-order valence-corrected chi connectivity index (χ1v) is 8.94. The molecule has 5 nitrogen and oxygen atoms in total. The SMILES string of the molecule is COC(=O)[C@H]1c2c(C(F)(F)F)nn(-c3ccccc3)c2O[C@@H]1c1ccc(Cl)cc1. The van der Waals surface area contributed by atoms with Crippen molar-refractivity contribution in [2.75, 3.05) is 7.11 Å². The molecule has 0 saturated carbocycles. The summed E-state index contributed by atoms with van der Waals surface area (Å²) < 4.78 is 53.1. The summed E-state index contributed by atoms with van der Waals surface area (Å²) in [5.41, 5.74) is -0.648. The normalized spacial score (nSPS) is 18.2. The number of rotatable bonds is 3. The number of hydrogen-bond acceptors (Lipinski definition) is 4. The molecule has 9 heteroatoms. The number of alkyl halides is 3. The molecule has 0 fully saturated rings. The first-order valence-electron chi connectivity index (χ1n) is 8.56. The molecule has 0 unspecified atom stereocenters. The van der Waals surface area contributed by atoms with E-state index in [4.69, 9.17) is 21.1 Å². The highest BCUT2D eigenvalue weighted by molar-refractivity contribution is 6.30. The van der Waals surface area contributed by atoms with Crippen LogP contribution in [0.15, 0.2) is 54.6 Å². The smallest absolute Gasteiger partial charge is 0.435 e. The number of methoxy groups -OCH3 is 1. The van der Waals surface area contributed by atoms with Crippen LogP contribution in [0, 0.1) is 0 Å². The molecule has 2 heterocycles. The van der Waals surface area contributed by atoms with E-state index in [0.29, 0.717) is 16.3 Å². The third-order valence-electron chi connectivity index (χ3n) is 4.65. The topological polar surface area (TPSA) is 53.3 Å². The van der Waals surface area contributed by atoms with Gasteiger partial charge in [0.15, 0.2) is 5.69 Å². The lowest BCUT2D eigenvalue weighted by molar-refractivity contribution is -0.146. The van der Waals surface area contributed by atoms with E-state index in [2.05, 4.69) is 5.10 Å². The number of benzene rings is 2. The van der Waals surface area contributed by atoms with E-state index in [1.807, 2.05) is 0 Å². The summed E-state index contributed by atoms with van der Waals surface area (Å²) in [6, 6.07) is 14.6. The van der Waals surface area contributed by atoms with Crippen LogP contribution in [0.5, 0.6) is 5.88 Å². The third-order valence-corrected chi connectivity index (χ3v) is 4.91. The first-order chi connectivity index (χ1) is 13.8. The summed E-state index contributed by atoms with van der Waals surface area (Å²) in [5, 5.41) is 4.17. The van der Waals surface area contributed by atoms with Crippen LogP contribution >= 0.6 is 11.6 Å². The Morgan fingerprint density at radius 3 is 2.38 bits per heavy atom. The Kier molecular flexibility index (Phi) is 4.74. The number of ether oxygens (including phenoxy) is 2. The number of hydrogen-bond donors (Lipinski definition) is 0. The highest BCUT2D eigenvalue weighted by Gasteiger charge is 2.52. The van der Waals surface area contributed by atoms with Crippen LogP contribution in [0.25, 0.3) is 5.69 Å². The maximum Gasteiger partial charge on any atom is 0.435 e. The molecule has 0 N–H and O–H groups in total. The van der Waals surface area contributed by atoms with Crippen molar-refractivity contribution in [2.45, 2.75) is 18.2 Å². The summed E-state index contributed by atoms with van der Waals surface area (Å²) in [7, 11) is 1.12. The number of nitrogens with zero attached hydrogens (tertiary/aromatic N) is 2. The fourth-order valence-corrected chi connectivity index (χ4v) is 3.51. The van der Waals surface area contributed by atoms with Gasteiger partial charge in [0, 0.05) is 5.02 Å². The van der Waals surface area contributed by atoms with Gasteiger partial charge in [0.25, 0.3) is 0 Å². The second-order valence-electron chi connectivity index (χ2n) is 6.40. The Labute approximate surface area is 168 Å². The Hall–Kier alpha value is -3.00. The summed E-state index contributed by atoms with van der Waals surface area (Å²) in [4.78, 5) is 12.5. The molecule has 3 aromatic rings. The summed E-state index contributed by atoms with van der Waals surface area (Å²) in [5.74, 6) is -2.31. The van der Waals surface area contributed by atoms with Crippen molar-refractivity contribution in [3.63, 3.8) is 0 Å². The number of carbonyl (C=O) groups is 1. The van der Waals surface area contributed by atoms with Gasteiger partial charge in [-0.3, -0.25) is 4.79 Å². The molecular weight excluding hydrogens is 409 g/mol. The number of aromatic nitrogens is 2. The van der Waals surface area contributed by atoms with Crippen molar-refractivity contribution < 1.29 is 27.4 Å². The second kappa shape index (κ2) is 7.11. The van der Waals surface area contributed by atoms with Crippen molar-refractivity contribution >= 4 is 17.6 Å². The second-order valence-corrected chi connectivity index (χ2v) is 6.84. The third kappa shape index (κ3) is 3.33. The zero-order chi connectivity index (χ0) is 20.8. The van der Waals surface area contributed by atoms with Gasteiger partial charge in [0.1, 0.15) is 12.0 Å². The minimum Gasteiger partial charge on any atom is -0.468 e. The molecule has 0 saturated heterocycles. The number of fused-ring (bicyclic) bond motifs is 1. The van der Waals surface area contributed by atoms with Gasteiger partial charge in [-0.05, 0) is 29.8 Å². The molecule has 1 aliphatic heterocycles. The predicted molar refractivity (Wildman–Crippen MR) is 98.1 cm³/mol. The molecular formula is C20H14ClF3N2O3. The molecule has 0 spiro atoms. The maximum atomic E-state index is 13.8. The Bertz CT molecular complexity index is 1050. The van der Waals surface area contributed by atoms with E-state index in [1.165, 1.54) is 0 Å². The van der Waals surface area contributed by atoms with Crippen LogP contribution < -0.4 is 4.74 Å². The first kappa shape index (κ1) is 19.3. The van der Waals surface area contributed by atoms with E-state index < -0.39 is 29.9 Å². The zero-order valence-electron chi connectivity index (χ0n) is 15.0. The van der Waals surface area contributed by atoms with Crippen LogP contribution in [0.1, 0.15) is 28.8 Å².